The van der Waals surface area contributed by atoms with Gasteiger partial charge in [-0.25, -0.2) is 0 Å². The van der Waals surface area contributed by atoms with E-state index in [1.54, 1.807) is 4.90 Å². The lowest BCUT2D eigenvalue weighted by Gasteiger charge is -2.22. The number of carboxylic acids is 1. The molecule has 0 unspecified atom stereocenters. The van der Waals surface area contributed by atoms with Gasteiger partial charge in [-0.3, -0.25) is 9.69 Å². The van der Waals surface area contributed by atoms with Crippen LogP contribution < -0.4 is 0 Å². The summed E-state index contributed by atoms with van der Waals surface area (Å²) in [4.78, 5) is 12.9. The quantitative estimate of drug-likeness (QED) is 0.760. The number of benzene rings is 2. The monoisotopic (exact) mass is 379 g/mol. The van der Waals surface area contributed by atoms with Crippen molar-refractivity contribution in [2.75, 3.05) is 6.54 Å². The SMILES string of the molecule is CC(C)(C)c1ccc(CN(CC(=O)O)Cc2ccc(C(F)(F)F)cc2)cc1. The molecule has 27 heavy (non-hydrogen) atoms. The minimum Gasteiger partial charge on any atom is -0.480 e. The Balaban J connectivity index is 2.12. The van der Waals surface area contributed by atoms with E-state index in [-0.39, 0.29) is 18.5 Å². The standard InChI is InChI=1S/C21H24F3NO2/c1-20(2,3)17-8-4-15(5-9-17)12-25(14-19(26)27)13-16-6-10-18(11-7-16)21(22,23)24/h4-11H,12-14H2,1-3H3,(H,26,27). The summed E-state index contributed by atoms with van der Waals surface area (Å²) in [5.41, 5.74) is 2.08. The maximum Gasteiger partial charge on any atom is 0.416 e. The van der Waals surface area contributed by atoms with Crippen molar-refractivity contribution >= 4 is 5.97 Å². The van der Waals surface area contributed by atoms with Gasteiger partial charge in [0.15, 0.2) is 0 Å². The number of halogens is 3. The normalized spacial score (nSPS) is 12.4. The second-order valence-electron chi connectivity index (χ2n) is 7.68. The molecule has 0 aromatic heterocycles. The lowest BCUT2D eigenvalue weighted by Crippen LogP contribution is -2.29. The number of rotatable bonds is 6. The molecule has 2 rings (SSSR count). The van der Waals surface area contributed by atoms with Crippen LogP contribution >= 0.6 is 0 Å². The van der Waals surface area contributed by atoms with Crippen LogP contribution in [0.15, 0.2) is 48.5 Å². The smallest absolute Gasteiger partial charge is 0.416 e. The molecule has 0 amide bonds. The number of carboxylic acid groups (broad SMARTS) is 1. The molecule has 146 valence electrons. The first kappa shape index (κ1) is 21.0. The fraction of sp³-hybridized carbons (Fsp3) is 0.381. The van der Waals surface area contributed by atoms with Gasteiger partial charge in [0.1, 0.15) is 0 Å². The Morgan fingerprint density at radius 2 is 1.26 bits per heavy atom. The second-order valence-corrected chi connectivity index (χ2v) is 7.68. The molecule has 0 atom stereocenters. The molecule has 2 aromatic carbocycles. The molecule has 0 saturated carbocycles. The van der Waals surface area contributed by atoms with Crippen LogP contribution in [0, 0.1) is 0 Å². The van der Waals surface area contributed by atoms with Gasteiger partial charge in [-0.05, 0) is 34.2 Å². The highest BCUT2D eigenvalue weighted by molar-refractivity contribution is 5.69. The molecule has 0 radical (unpaired) electrons. The average Bonchev–Trinajstić information content (AvgIpc) is 2.53. The number of nitrogens with zero attached hydrogens (tertiary/aromatic N) is 1. The van der Waals surface area contributed by atoms with Crippen LogP contribution in [0.25, 0.3) is 0 Å². The molecular formula is C21H24F3NO2. The van der Waals surface area contributed by atoms with E-state index in [1.165, 1.54) is 17.7 Å². The Bertz CT molecular complexity index is 700. The van der Waals surface area contributed by atoms with Crippen molar-refractivity contribution in [3.8, 4) is 0 Å². The van der Waals surface area contributed by atoms with E-state index >= 15 is 0 Å². The van der Waals surface area contributed by atoms with Crippen LogP contribution in [0.5, 0.6) is 0 Å². The maximum atomic E-state index is 12.7. The van der Waals surface area contributed by atoms with Crippen LogP contribution in [-0.2, 0) is 29.5 Å². The van der Waals surface area contributed by atoms with Crippen LogP contribution in [0.4, 0.5) is 13.2 Å². The summed E-state index contributed by atoms with van der Waals surface area (Å²) in [7, 11) is 0. The number of hydrogen-bond acceptors (Lipinski definition) is 2. The van der Waals surface area contributed by atoms with Crippen molar-refractivity contribution in [1.29, 1.82) is 0 Å². The maximum absolute atomic E-state index is 12.7. The first-order valence-electron chi connectivity index (χ1n) is 8.65. The zero-order chi connectivity index (χ0) is 20.2. The van der Waals surface area contributed by atoms with E-state index in [2.05, 4.69) is 20.8 Å². The van der Waals surface area contributed by atoms with Gasteiger partial charge in [0.2, 0.25) is 0 Å². The van der Waals surface area contributed by atoms with Gasteiger partial charge in [0.25, 0.3) is 0 Å². The minimum absolute atomic E-state index is 0.0273. The highest BCUT2D eigenvalue weighted by Crippen LogP contribution is 2.29. The Morgan fingerprint density at radius 1 is 0.852 bits per heavy atom. The topological polar surface area (TPSA) is 40.5 Å². The molecule has 1 N–H and O–H groups in total. The van der Waals surface area contributed by atoms with Crippen LogP contribution in [0.1, 0.15) is 43.0 Å². The van der Waals surface area contributed by atoms with Crippen molar-refractivity contribution < 1.29 is 23.1 Å². The largest absolute Gasteiger partial charge is 0.480 e. The van der Waals surface area contributed by atoms with Crippen molar-refractivity contribution in [3.63, 3.8) is 0 Å². The minimum atomic E-state index is -4.38. The van der Waals surface area contributed by atoms with E-state index in [0.29, 0.717) is 12.1 Å². The molecule has 0 bridgehead atoms. The second kappa shape index (κ2) is 8.13. The third kappa shape index (κ3) is 6.40. The lowest BCUT2D eigenvalue weighted by atomic mass is 9.87. The highest BCUT2D eigenvalue weighted by Gasteiger charge is 2.30. The third-order valence-corrected chi connectivity index (χ3v) is 4.27. The van der Waals surface area contributed by atoms with Gasteiger partial charge >= 0.3 is 12.1 Å². The van der Waals surface area contributed by atoms with Crippen molar-refractivity contribution in [2.24, 2.45) is 0 Å². The number of alkyl halides is 3. The van der Waals surface area contributed by atoms with E-state index in [9.17, 15) is 18.0 Å². The summed E-state index contributed by atoms with van der Waals surface area (Å²) in [5.74, 6) is -0.978. The molecular weight excluding hydrogens is 355 g/mol. The van der Waals surface area contributed by atoms with Crippen LogP contribution in [-0.4, -0.2) is 22.5 Å². The summed E-state index contributed by atoms with van der Waals surface area (Å²) in [6.07, 6.45) is -4.38. The summed E-state index contributed by atoms with van der Waals surface area (Å²) >= 11 is 0. The molecule has 2 aromatic rings. The fourth-order valence-corrected chi connectivity index (χ4v) is 2.78. The predicted molar refractivity (Wildman–Crippen MR) is 98.3 cm³/mol. The van der Waals surface area contributed by atoms with Gasteiger partial charge in [-0.15, -0.1) is 0 Å². The van der Waals surface area contributed by atoms with E-state index in [0.717, 1.165) is 17.7 Å². The van der Waals surface area contributed by atoms with Gasteiger partial charge in [-0.2, -0.15) is 13.2 Å². The Kier molecular flexibility index (Phi) is 6.31. The van der Waals surface area contributed by atoms with Gasteiger partial charge in [0.05, 0.1) is 12.1 Å². The molecule has 6 heteroatoms. The molecule has 0 saturated heterocycles. The first-order chi connectivity index (χ1) is 12.4. The van der Waals surface area contributed by atoms with Crippen molar-refractivity contribution in [3.05, 3.63) is 70.8 Å². The summed E-state index contributed by atoms with van der Waals surface area (Å²) in [6, 6.07) is 12.8. The molecule has 3 nitrogen and oxygen atoms in total. The van der Waals surface area contributed by atoms with Crippen molar-refractivity contribution in [1.82, 2.24) is 4.90 Å². The van der Waals surface area contributed by atoms with E-state index in [4.69, 9.17) is 5.11 Å². The molecule has 0 spiro atoms. The van der Waals surface area contributed by atoms with Crippen molar-refractivity contribution in [2.45, 2.75) is 45.5 Å². The number of carbonyl (C=O) groups is 1. The highest BCUT2D eigenvalue weighted by atomic mass is 19.4. The molecule has 0 aliphatic carbocycles. The fourth-order valence-electron chi connectivity index (χ4n) is 2.78. The summed E-state index contributed by atoms with van der Waals surface area (Å²) in [6.45, 7) is 6.81. The Hall–Kier alpha value is -2.34. The average molecular weight is 379 g/mol. The zero-order valence-electron chi connectivity index (χ0n) is 15.7. The predicted octanol–water partition coefficient (Wildman–Crippen LogP) is 5.09. The van der Waals surface area contributed by atoms with Crippen LogP contribution in [0.2, 0.25) is 0 Å². The Labute approximate surface area is 157 Å². The number of hydrogen-bond donors (Lipinski definition) is 1. The van der Waals surface area contributed by atoms with Crippen LogP contribution in [0.3, 0.4) is 0 Å². The summed E-state index contributed by atoms with van der Waals surface area (Å²) < 4.78 is 38.0. The van der Waals surface area contributed by atoms with Gasteiger partial charge in [0, 0.05) is 13.1 Å². The lowest BCUT2D eigenvalue weighted by molar-refractivity contribution is -0.139. The van der Waals surface area contributed by atoms with E-state index < -0.39 is 17.7 Å². The molecule has 0 aliphatic heterocycles. The molecule has 0 aliphatic rings. The molecule has 0 fully saturated rings. The van der Waals surface area contributed by atoms with E-state index in [1.807, 2.05) is 24.3 Å². The number of aliphatic carboxylic acids is 1. The van der Waals surface area contributed by atoms with Gasteiger partial charge < -0.3 is 5.11 Å². The van der Waals surface area contributed by atoms with Gasteiger partial charge in [-0.1, -0.05) is 57.2 Å². The molecule has 0 heterocycles. The third-order valence-electron chi connectivity index (χ3n) is 4.27. The zero-order valence-corrected chi connectivity index (χ0v) is 15.7. The Morgan fingerprint density at radius 3 is 1.59 bits per heavy atom. The first-order valence-corrected chi connectivity index (χ1v) is 8.65. The summed E-state index contributed by atoms with van der Waals surface area (Å²) in [5, 5.41) is 9.15.